The van der Waals surface area contributed by atoms with Crippen LogP contribution in [0.5, 0.6) is 0 Å². The molecule has 2 heterocycles. The van der Waals surface area contributed by atoms with E-state index in [-0.39, 0.29) is 16.4 Å². The van der Waals surface area contributed by atoms with Gasteiger partial charge in [-0.25, -0.2) is 4.39 Å². The molecule has 2 aromatic carbocycles. The molecule has 3 aromatic rings. The summed E-state index contributed by atoms with van der Waals surface area (Å²) < 4.78 is 56.1. The molecule has 1 aliphatic rings. The molecule has 1 amide bonds. The second-order valence-electron chi connectivity index (χ2n) is 7.13. The minimum absolute atomic E-state index is 0.0429. The van der Waals surface area contributed by atoms with Crippen molar-refractivity contribution in [3.8, 4) is 23.2 Å². The van der Waals surface area contributed by atoms with E-state index in [9.17, 15) is 22.4 Å². The molecule has 0 unspecified atom stereocenters. The van der Waals surface area contributed by atoms with Crippen LogP contribution < -0.4 is 4.90 Å². The van der Waals surface area contributed by atoms with Gasteiger partial charge in [-0.15, -0.1) is 0 Å². The maximum Gasteiger partial charge on any atom is 0.416 e. The van der Waals surface area contributed by atoms with E-state index in [1.165, 1.54) is 28.6 Å². The highest BCUT2D eigenvalue weighted by Gasteiger charge is 2.31. The Morgan fingerprint density at radius 1 is 1.06 bits per heavy atom. The summed E-state index contributed by atoms with van der Waals surface area (Å²) in [6, 6.07) is 8.69. The van der Waals surface area contributed by atoms with Gasteiger partial charge in [0.15, 0.2) is 5.82 Å². The van der Waals surface area contributed by atoms with Gasteiger partial charge in [0.25, 0.3) is 5.91 Å². The lowest BCUT2D eigenvalue weighted by atomic mass is 10.1. The molecule has 0 N–H and O–H groups in total. The topological polar surface area (TPSA) is 49.3 Å². The summed E-state index contributed by atoms with van der Waals surface area (Å²) >= 11 is 7.13. The van der Waals surface area contributed by atoms with Crippen molar-refractivity contribution in [1.29, 1.82) is 0 Å². The molecule has 0 atom stereocenters. The van der Waals surface area contributed by atoms with Gasteiger partial charge >= 0.3 is 6.18 Å². The van der Waals surface area contributed by atoms with Gasteiger partial charge in [0.1, 0.15) is 5.82 Å². The van der Waals surface area contributed by atoms with E-state index in [1.54, 1.807) is 12.1 Å². The van der Waals surface area contributed by atoms with E-state index in [0.717, 1.165) is 18.2 Å². The monoisotopic (exact) mass is 494 g/mol. The average Bonchev–Trinajstić information content (AvgIpc) is 3.28. The number of alkyl halides is 3. The van der Waals surface area contributed by atoms with E-state index in [4.69, 9.17) is 11.6 Å². The molecule has 4 rings (SSSR count). The van der Waals surface area contributed by atoms with Crippen LogP contribution in [0.15, 0.2) is 42.5 Å². The van der Waals surface area contributed by atoms with Gasteiger partial charge in [0.05, 0.1) is 10.6 Å². The number of carbonyl (C=O) groups is 1. The minimum Gasteiger partial charge on any atom is -0.343 e. The van der Waals surface area contributed by atoms with Crippen LogP contribution in [0.3, 0.4) is 0 Å². The quantitative estimate of drug-likeness (QED) is 0.382. The molecular formula is C22H15ClF4N4OS. The first kappa shape index (κ1) is 23.0. The van der Waals surface area contributed by atoms with Crippen LogP contribution in [0, 0.1) is 17.7 Å². The maximum absolute atomic E-state index is 13.1. The van der Waals surface area contributed by atoms with Gasteiger partial charge in [-0.3, -0.25) is 4.79 Å². The van der Waals surface area contributed by atoms with Crippen molar-refractivity contribution < 1.29 is 22.4 Å². The molecular weight excluding hydrogens is 480 g/mol. The lowest BCUT2D eigenvalue weighted by Gasteiger charge is -2.33. The predicted octanol–water partition coefficient (Wildman–Crippen LogP) is 4.72. The van der Waals surface area contributed by atoms with Crippen molar-refractivity contribution >= 4 is 34.2 Å². The highest BCUT2D eigenvalue weighted by molar-refractivity contribution is 7.09. The zero-order chi connectivity index (χ0) is 23.6. The summed E-state index contributed by atoms with van der Waals surface area (Å²) in [6.45, 7) is 1.73. The molecule has 0 spiro atoms. The molecule has 1 fully saturated rings. The molecule has 0 aliphatic carbocycles. The minimum atomic E-state index is -4.53. The van der Waals surface area contributed by atoms with Crippen LogP contribution in [0.25, 0.3) is 11.4 Å². The van der Waals surface area contributed by atoms with Crippen LogP contribution in [0.1, 0.15) is 11.1 Å². The molecule has 0 radical (unpaired) electrons. The number of halogens is 5. The Hall–Kier alpha value is -3.16. The van der Waals surface area contributed by atoms with E-state index < -0.39 is 17.6 Å². The van der Waals surface area contributed by atoms with Crippen molar-refractivity contribution in [3.63, 3.8) is 0 Å². The van der Waals surface area contributed by atoms with Crippen LogP contribution in [-0.2, 0) is 11.0 Å². The van der Waals surface area contributed by atoms with Gasteiger partial charge in [-0.05, 0) is 42.5 Å². The summed E-state index contributed by atoms with van der Waals surface area (Å²) in [5.41, 5.74) is -0.230. The van der Waals surface area contributed by atoms with Gasteiger partial charge < -0.3 is 9.80 Å². The number of amides is 1. The number of rotatable bonds is 2. The summed E-state index contributed by atoms with van der Waals surface area (Å²) in [5.74, 6) is 4.51. The van der Waals surface area contributed by atoms with Crippen molar-refractivity contribution in [2.24, 2.45) is 0 Å². The zero-order valence-electron chi connectivity index (χ0n) is 16.9. The maximum atomic E-state index is 13.1. The number of benzene rings is 2. The van der Waals surface area contributed by atoms with Crippen LogP contribution in [-0.4, -0.2) is 46.3 Å². The fourth-order valence-corrected chi connectivity index (χ4v) is 4.06. The van der Waals surface area contributed by atoms with Crippen molar-refractivity contribution in [2.75, 3.05) is 31.1 Å². The average molecular weight is 495 g/mol. The predicted molar refractivity (Wildman–Crippen MR) is 117 cm³/mol. The first-order chi connectivity index (χ1) is 15.7. The molecule has 0 saturated carbocycles. The Balaban J connectivity index is 1.38. The van der Waals surface area contributed by atoms with Gasteiger partial charge in [-0.1, -0.05) is 17.5 Å². The fraction of sp³-hybridized carbons (Fsp3) is 0.227. The second-order valence-corrected chi connectivity index (χ2v) is 8.27. The van der Waals surface area contributed by atoms with E-state index in [1.807, 2.05) is 4.90 Å². The van der Waals surface area contributed by atoms with Crippen molar-refractivity contribution in [3.05, 3.63) is 64.4 Å². The second kappa shape index (κ2) is 9.37. The van der Waals surface area contributed by atoms with Crippen molar-refractivity contribution in [1.82, 2.24) is 14.3 Å². The summed E-state index contributed by atoms with van der Waals surface area (Å²) in [6.07, 6.45) is -4.53. The third-order valence-corrected chi connectivity index (χ3v) is 6.06. The number of aromatic nitrogens is 2. The summed E-state index contributed by atoms with van der Waals surface area (Å²) in [4.78, 5) is 20.4. The standard InChI is InChI=1S/C22H15ClF4N4OS/c23-18-7-4-16(22(25,26)27)13-15(18)3-8-19(32)30-9-11-31(12-10-30)21-28-20(29-33-21)14-1-5-17(24)6-2-14/h1-2,4-7,13H,9-12H2. The summed E-state index contributed by atoms with van der Waals surface area (Å²) in [5, 5.41) is 0.726. The Bertz CT molecular complexity index is 1230. The Morgan fingerprint density at radius 2 is 1.76 bits per heavy atom. The first-order valence-corrected chi connectivity index (χ1v) is 10.9. The molecule has 170 valence electrons. The Kier molecular flexibility index (Phi) is 6.54. The lowest BCUT2D eigenvalue weighted by molar-refractivity contribution is -0.137. The lowest BCUT2D eigenvalue weighted by Crippen LogP contribution is -2.48. The SMILES string of the molecule is O=C(C#Cc1cc(C(F)(F)F)ccc1Cl)N1CCN(c2nc(-c3ccc(F)cc3)ns2)CC1. The molecule has 5 nitrogen and oxygen atoms in total. The molecule has 0 bridgehead atoms. The van der Waals surface area contributed by atoms with Gasteiger partial charge in [-0.2, -0.15) is 22.5 Å². The number of anilines is 1. The normalized spacial score (nSPS) is 14.1. The number of carbonyl (C=O) groups excluding carboxylic acids is 1. The van der Waals surface area contributed by atoms with Crippen molar-refractivity contribution in [2.45, 2.75) is 6.18 Å². The smallest absolute Gasteiger partial charge is 0.343 e. The highest BCUT2D eigenvalue weighted by Crippen LogP contribution is 2.31. The molecule has 1 aliphatic heterocycles. The number of nitrogens with zero attached hydrogens (tertiary/aromatic N) is 4. The summed E-state index contributed by atoms with van der Waals surface area (Å²) in [7, 11) is 0. The third-order valence-electron chi connectivity index (χ3n) is 4.95. The van der Waals surface area contributed by atoms with Crippen LogP contribution in [0.2, 0.25) is 5.02 Å². The number of hydrogen-bond acceptors (Lipinski definition) is 5. The zero-order valence-corrected chi connectivity index (χ0v) is 18.4. The molecule has 33 heavy (non-hydrogen) atoms. The van der Waals surface area contributed by atoms with Crippen LogP contribution in [0.4, 0.5) is 22.7 Å². The number of hydrogen-bond donors (Lipinski definition) is 0. The largest absolute Gasteiger partial charge is 0.416 e. The van der Waals surface area contributed by atoms with E-state index in [2.05, 4.69) is 21.2 Å². The van der Waals surface area contributed by atoms with Gasteiger partial charge in [0, 0.05) is 54.8 Å². The Labute approximate surface area is 195 Å². The Morgan fingerprint density at radius 3 is 2.42 bits per heavy atom. The van der Waals surface area contributed by atoms with Crippen LogP contribution >= 0.6 is 23.1 Å². The van der Waals surface area contributed by atoms with Gasteiger partial charge in [0.2, 0.25) is 5.13 Å². The first-order valence-electron chi connectivity index (χ1n) is 9.73. The molecule has 1 saturated heterocycles. The third kappa shape index (κ3) is 5.43. The van der Waals surface area contributed by atoms with E-state index in [0.29, 0.717) is 42.7 Å². The molecule has 1 aromatic heterocycles. The fourth-order valence-electron chi connectivity index (χ4n) is 3.16. The van der Waals surface area contributed by atoms with E-state index >= 15 is 0 Å². The highest BCUT2D eigenvalue weighted by atomic mass is 35.5. The molecule has 11 heteroatoms. The number of piperazine rings is 1.